The van der Waals surface area contributed by atoms with Crippen molar-refractivity contribution in [2.45, 2.75) is 53.4 Å². The van der Waals surface area contributed by atoms with Crippen LogP contribution in [0.4, 0.5) is 11.4 Å². The molecule has 3 rings (SSSR count). The minimum atomic E-state index is 0.265. The molecule has 0 unspecified atom stereocenters. The molecule has 0 aliphatic heterocycles. The van der Waals surface area contributed by atoms with Gasteiger partial charge >= 0.3 is 0 Å². The molecular formula is C29H38N2O. The molecule has 0 atom stereocenters. The van der Waals surface area contributed by atoms with E-state index < -0.39 is 0 Å². The lowest BCUT2D eigenvalue weighted by molar-refractivity contribution is -0.114. The quantitative estimate of drug-likeness (QED) is 0.333. The second-order valence-corrected chi connectivity index (χ2v) is 8.45. The van der Waals surface area contributed by atoms with Crippen LogP contribution in [0.2, 0.25) is 0 Å². The van der Waals surface area contributed by atoms with Crippen LogP contribution in [0.5, 0.6) is 0 Å². The van der Waals surface area contributed by atoms with E-state index in [9.17, 15) is 4.79 Å². The number of hydrogen-bond donors (Lipinski definition) is 0. The minimum absolute atomic E-state index is 0.265. The van der Waals surface area contributed by atoms with Crippen molar-refractivity contribution >= 4 is 29.3 Å². The third kappa shape index (κ3) is 6.12. The molecule has 2 aromatic rings. The summed E-state index contributed by atoms with van der Waals surface area (Å²) < 4.78 is 0. The average Bonchev–Trinajstić information content (AvgIpc) is 2.98. The summed E-state index contributed by atoms with van der Waals surface area (Å²) in [4.78, 5) is 17.7. The standard InChI is InChI=1S/C29H38N2O/c1-5-30(6-2)27-16-12-23(13-17-27)20-25-10-9-11-26(29(32)22-25)21-24-14-18-28(19-15-24)31(7-3)8-4/h12-21H,5-11,22H2,1-4H3. The molecule has 0 radical (unpaired) electrons. The Hall–Kier alpha value is -2.81. The highest BCUT2D eigenvalue weighted by atomic mass is 16.1. The number of rotatable bonds is 8. The summed E-state index contributed by atoms with van der Waals surface area (Å²) in [5.41, 5.74) is 6.99. The van der Waals surface area contributed by atoms with E-state index in [0.29, 0.717) is 6.42 Å². The van der Waals surface area contributed by atoms with Gasteiger partial charge in [0.1, 0.15) is 0 Å². The van der Waals surface area contributed by atoms with Gasteiger partial charge in [0.2, 0.25) is 0 Å². The largest absolute Gasteiger partial charge is 0.372 e. The normalized spacial score (nSPS) is 16.9. The molecule has 0 spiro atoms. The molecule has 0 aromatic heterocycles. The van der Waals surface area contributed by atoms with Crippen LogP contribution < -0.4 is 9.80 Å². The molecule has 0 bridgehead atoms. The number of allylic oxidation sites excluding steroid dienone is 2. The number of Topliss-reactive ketones (excluding diaryl/α,β-unsaturated/α-hetero) is 1. The fraction of sp³-hybridized carbons (Fsp3) is 0.414. The Morgan fingerprint density at radius 1 is 0.688 bits per heavy atom. The summed E-state index contributed by atoms with van der Waals surface area (Å²) in [6, 6.07) is 17.3. The summed E-state index contributed by atoms with van der Waals surface area (Å²) in [6.45, 7) is 12.7. The molecule has 1 aliphatic rings. The lowest BCUT2D eigenvalue weighted by atomic mass is 10.0. The Bertz CT molecular complexity index is 930. The summed E-state index contributed by atoms with van der Waals surface area (Å²) in [5.74, 6) is 0.265. The van der Waals surface area contributed by atoms with Crippen LogP contribution in [-0.4, -0.2) is 32.0 Å². The molecule has 0 amide bonds. The molecule has 0 N–H and O–H groups in total. The molecule has 2 aromatic carbocycles. The average molecular weight is 431 g/mol. The minimum Gasteiger partial charge on any atom is -0.372 e. The smallest absolute Gasteiger partial charge is 0.162 e. The highest BCUT2D eigenvalue weighted by Gasteiger charge is 2.17. The predicted octanol–water partition coefficient (Wildman–Crippen LogP) is 6.99. The van der Waals surface area contributed by atoms with Crippen LogP contribution in [0.15, 0.2) is 59.7 Å². The Morgan fingerprint density at radius 3 is 1.62 bits per heavy atom. The van der Waals surface area contributed by atoms with Gasteiger partial charge in [-0.1, -0.05) is 35.9 Å². The molecule has 0 saturated heterocycles. The van der Waals surface area contributed by atoms with Crippen LogP contribution in [0.3, 0.4) is 0 Å². The number of nitrogens with zero attached hydrogens (tertiary/aromatic N) is 2. The van der Waals surface area contributed by atoms with Crippen LogP contribution in [0, 0.1) is 0 Å². The van der Waals surface area contributed by atoms with Gasteiger partial charge in [-0.25, -0.2) is 0 Å². The van der Waals surface area contributed by atoms with Crippen LogP contribution in [0.25, 0.3) is 12.2 Å². The van der Waals surface area contributed by atoms with Gasteiger partial charge in [-0.3, -0.25) is 4.79 Å². The summed E-state index contributed by atoms with van der Waals surface area (Å²) in [5, 5.41) is 0. The second-order valence-electron chi connectivity index (χ2n) is 8.45. The van der Waals surface area contributed by atoms with Gasteiger partial charge in [0.15, 0.2) is 5.78 Å². The van der Waals surface area contributed by atoms with Crippen molar-refractivity contribution in [2.75, 3.05) is 36.0 Å². The van der Waals surface area contributed by atoms with Gasteiger partial charge in [0.05, 0.1) is 0 Å². The summed E-state index contributed by atoms with van der Waals surface area (Å²) in [6.07, 6.45) is 7.71. The van der Waals surface area contributed by atoms with Gasteiger partial charge < -0.3 is 9.80 Å². The van der Waals surface area contributed by atoms with Gasteiger partial charge in [0, 0.05) is 44.0 Å². The van der Waals surface area contributed by atoms with E-state index in [0.717, 1.165) is 56.6 Å². The summed E-state index contributed by atoms with van der Waals surface area (Å²) >= 11 is 0. The van der Waals surface area contributed by atoms with E-state index in [1.54, 1.807) is 0 Å². The molecule has 0 heterocycles. The number of carbonyl (C=O) groups excluding carboxylic acids is 1. The molecule has 1 fully saturated rings. The van der Waals surface area contributed by atoms with Gasteiger partial charge in [-0.15, -0.1) is 0 Å². The van der Waals surface area contributed by atoms with Crippen molar-refractivity contribution in [1.82, 2.24) is 0 Å². The molecule has 3 nitrogen and oxygen atoms in total. The first-order chi connectivity index (χ1) is 15.6. The maximum absolute atomic E-state index is 13.0. The zero-order chi connectivity index (χ0) is 22.9. The Labute approximate surface area is 194 Å². The molecule has 170 valence electrons. The van der Waals surface area contributed by atoms with Gasteiger partial charge in [-0.2, -0.15) is 0 Å². The first-order valence-corrected chi connectivity index (χ1v) is 12.2. The van der Waals surface area contributed by atoms with E-state index >= 15 is 0 Å². The topological polar surface area (TPSA) is 23.6 Å². The second kappa shape index (κ2) is 11.7. The van der Waals surface area contributed by atoms with Gasteiger partial charge in [-0.05, 0) is 94.0 Å². The maximum Gasteiger partial charge on any atom is 0.162 e. The van der Waals surface area contributed by atoms with Gasteiger partial charge in [0.25, 0.3) is 0 Å². The monoisotopic (exact) mass is 430 g/mol. The fourth-order valence-corrected chi connectivity index (χ4v) is 4.51. The van der Waals surface area contributed by atoms with Crippen LogP contribution in [0.1, 0.15) is 64.5 Å². The maximum atomic E-state index is 13.0. The number of ketones is 1. The highest BCUT2D eigenvalue weighted by molar-refractivity contribution is 6.01. The zero-order valence-electron chi connectivity index (χ0n) is 20.2. The SMILES string of the molecule is CCN(CC)c1ccc(C=C2CCCC(=Cc3ccc(N(CC)CC)cc3)C(=O)C2)cc1. The van der Waals surface area contributed by atoms with Crippen LogP contribution >= 0.6 is 0 Å². The van der Waals surface area contributed by atoms with Crippen molar-refractivity contribution in [1.29, 1.82) is 0 Å². The molecule has 32 heavy (non-hydrogen) atoms. The van der Waals surface area contributed by atoms with E-state index in [4.69, 9.17) is 0 Å². The third-order valence-electron chi connectivity index (χ3n) is 6.44. The lowest BCUT2D eigenvalue weighted by Crippen LogP contribution is -2.21. The third-order valence-corrected chi connectivity index (χ3v) is 6.44. The van der Waals surface area contributed by atoms with E-state index in [-0.39, 0.29) is 5.78 Å². The van der Waals surface area contributed by atoms with Crippen molar-refractivity contribution < 1.29 is 4.79 Å². The molecular weight excluding hydrogens is 392 g/mol. The first kappa shape index (κ1) is 23.8. The molecule has 1 saturated carbocycles. The Morgan fingerprint density at radius 2 is 1.16 bits per heavy atom. The number of hydrogen-bond acceptors (Lipinski definition) is 3. The Balaban J connectivity index is 1.70. The van der Waals surface area contributed by atoms with Crippen molar-refractivity contribution in [2.24, 2.45) is 0 Å². The van der Waals surface area contributed by atoms with Crippen molar-refractivity contribution in [3.8, 4) is 0 Å². The van der Waals surface area contributed by atoms with Crippen molar-refractivity contribution in [3.05, 3.63) is 70.8 Å². The van der Waals surface area contributed by atoms with E-state index in [1.807, 2.05) is 0 Å². The van der Waals surface area contributed by atoms with Crippen molar-refractivity contribution in [3.63, 3.8) is 0 Å². The van der Waals surface area contributed by atoms with E-state index in [2.05, 4.69) is 98.2 Å². The predicted molar refractivity (Wildman–Crippen MR) is 139 cm³/mol. The lowest BCUT2D eigenvalue weighted by Gasteiger charge is -2.21. The zero-order valence-corrected chi connectivity index (χ0v) is 20.2. The summed E-state index contributed by atoms with van der Waals surface area (Å²) in [7, 11) is 0. The number of benzene rings is 2. The number of anilines is 2. The van der Waals surface area contributed by atoms with E-state index in [1.165, 1.54) is 22.5 Å². The van der Waals surface area contributed by atoms with Crippen LogP contribution in [-0.2, 0) is 4.79 Å². The first-order valence-electron chi connectivity index (χ1n) is 12.2. The fourth-order valence-electron chi connectivity index (χ4n) is 4.51. The molecule has 3 heteroatoms. The number of carbonyl (C=O) groups is 1. The highest BCUT2D eigenvalue weighted by Crippen LogP contribution is 2.28. The molecule has 1 aliphatic carbocycles. The Kier molecular flexibility index (Phi) is 8.72.